The molecule has 2 aromatic heterocycles. The molecule has 0 bridgehead atoms. The van der Waals surface area contributed by atoms with E-state index in [9.17, 15) is 4.79 Å². The van der Waals surface area contributed by atoms with E-state index in [-0.39, 0.29) is 11.5 Å². The molecule has 1 fully saturated rings. The minimum Gasteiger partial charge on any atom is -0.373 e. The lowest BCUT2D eigenvalue weighted by Crippen LogP contribution is -2.40. The number of aromatic nitrogens is 3. The minimum atomic E-state index is -0.263. The second kappa shape index (κ2) is 6.19. The standard InChI is InChI=1S/C16H18N4O2/c1-16(6-3-7-22-16)10-19-15(21)14-5-2-4-13(20-14)12-8-17-11-18-9-12/h2,4-5,8-9,11H,3,6-7,10H2,1H3,(H,19,21)/t16-/m0/s1. The second-order valence-corrected chi connectivity index (χ2v) is 5.62. The molecule has 2 aromatic rings. The molecule has 3 heterocycles. The molecule has 114 valence electrons. The molecule has 1 N–H and O–H groups in total. The number of nitrogens with zero attached hydrogens (tertiary/aromatic N) is 3. The van der Waals surface area contributed by atoms with E-state index in [1.807, 2.05) is 13.0 Å². The van der Waals surface area contributed by atoms with Gasteiger partial charge in [-0.15, -0.1) is 0 Å². The molecule has 6 nitrogen and oxygen atoms in total. The van der Waals surface area contributed by atoms with E-state index in [1.54, 1.807) is 24.5 Å². The van der Waals surface area contributed by atoms with Gasteiger partial charge in [-0.2, -0.15) is 0 Å². The van der Waals surface area contributed by atoms with Crippen LogP contribution in [0.15, 0.2) is 36.9 Å². The lowest BCUT2D eigenvalue weighted by atomic mass is 10.0. The molecule has 22 heavy (non-hydrogen) atoms. The van der Waals surface area contributed by atoms with Gasteiger partial charge in [0.15, 0.2) is 0 Å². The number of carbonyl (C=O) groups excluding carboxylic acids is 1. The summed E-state index contributed by atoms with van der Waals surface area (Å²) < 4.78 is 5.67. The molecular formula is C16H18N4O2. The van der Waals surface area contributed by atoms with E-state index in [4.69, 9.17) is 4.74 Å². The third-order valence-corrected chi connectivity index (χ3v) is 3.76. The van der Waals surface area contributed by atoms with Crippen molar-refractivity contribution in [2.24, 2.45) is 0 Å². The molecule has 0 aliphatic carbocycles. The summed E-state index contributed by atoms with van der Waals surface area (Å²) in [6.45, 7) is 3.27. The van der Waals surface area contributed by atoms with Crippen LogP contribution in [-0.2, 0) is 4.74 Å². The smallest absolute Gasteiger partial charge is 0.270 e. The maximum absolute atomic E-state index is 12.3. The lowest BCUT2D eigenvalue weighted by molar-refractivity contribution is 0.0205. The molecule has 0 aromatic carbocycles. The number of hydrogen-bond acceptors (Lipinski definition) is 5. The van der Waals surface area contributed by atoms with Crippen LogP contribution in [0.25, 0.3) is 11.3 Å². The van der Waals surface area contributed by atoms with Gasteiger partial charge in [0.1, 0.15) is 12.0 Å². The molecular weight excluding hydrogens is 280 g/mol. The second-order valence-electron chi connectivity index (χ2n) is 5.62. The van der Waals surface area contributed by atoms with Gasteiger partial charge >= 0.3 is 0 Å². The Bertz CT molecular complexity index is 654. The SMILES string of the molecule is C[C@@]1(CNC(=O)c2cccc(-c3cncnc3)n2)CCCO1. The van der Waals surface area contributed by atoms with Crippen LogP contribution in [0.3, 0.4) is 0 Å². The first-order valence-corrected chi connectivity index (χ1v) is 7.31. The molecule has 0 radical (unpaired) electrons. The highest BCUT2D eigenvalue weighted by atomic mass is 16.5. The first kappa shape index (κ1) is 14.6. The largest absolute Gasteiger partial charge is 0.373 e. The fourth-order valence-electron chi connectivity index (χ4n) is 2.49. The van der Waals surface area contributed by atoms with Crippen LogP contribution in [-0.4, -0.2) is 39.6 Å². The Morgan fingerprint density at radius 3 is 2.91 bits per heavy atom. The number of ether oxygens (including phenoxy) is 1. The van der Waals surface area contributed by atoms with Crippen molar-refractivity contribution in [1.82, 2.24) is 20.3 Å². The number of hydrogen-bond donors (Lipinski definition) is 1. The van der Waals surface area contributed by atoms with Gasteiger partial charge in [-0.3, -0.25) is 4.79 Å². The van der Waals surface area contributed by atoms with Crippen molar-refractivity contribution in [1.29, 1.82) is 0 Å². The number of pyridine rings is 1. The van der Waals surface area contributed by atoms with Crippen molar-refractivity contribution in [2.75, 3.05) is 13.2 Å². The van der Waals surface area contributed by atoms with E-state index in [1.165, 1.54) is 6.33 Å². The molecule has 6 heteroatoms. The quantitative estimate of drug-likeness (QED) is 0.932. The van der Waals surface area contributed by atoms with Crippen molar-refractivity contribution in [2.45, 2.75) is 25.4 Å². The topological polar surface area (TPSA) is 77.0 Å². The molecule has 0 unspecified atom stereocenters. The summed E-state index contributed by atoms with van der Waals surface area (Å²) in [5.74, 6) is -0.199. The zero-order valence-electron chi connectivity index (χ0n) is 12.5. The Labute approximate surface area is 129 Å². The highest BCUT2D eigenvalue weighted by molar-refractivity contribution is 5.92. The molecule has 1 amide bonds. The minimum absolute atomic E-state index is 0.199. The molecule has 1 aliphatic heterocycles. The normalized spacial score (nSPS) is 20.8. The van der Waals surface area contributed by atoms with Crippen LogP contribution in [0.5, 0.6) is 0 Å². The highest BCUT2D eigenvalue weighted by Crippen LogP contribution is 2.24. The summed E-state index contributed by atoms with van der Waals surface area (Å²) in [5.41, 5.74) is 1.57. The predicted octanol–water partition coefficient (Wildman–Crippen LogP) is 1.84. The van der Waals surface area contributed by atoms with Crippen LogP contribution in [0.1, 0.15) is 30.3 Å². The van der Waals surface area contributed by atoms with E-state index in [2.05, 4.69) is 20.3 Å². The van der Waals surface area contributed by atoms with Crippen LogP contribution in [0.4, 0.5) is 0 Å². The number of carbonyl (C=O) groups is 1. The summed E-state index contributed by atoms with van der Waals surface area (Å²) in [5, 5.41) is 2.90. The first-order chi connectivity index (χ1) is 10.7. The maximum Gasteiger partial charge on any atom is 0.270 e. The molecule has 3 rings (SSSR count). The predicted molar refractivity (Wildman–Crippen MR) is 81.2 cm³/mol. The first-order valence-electron chi connectivity index (χ1n) is 7.31. The number of amides is 1. The molecule has 0 saturated carbocycles. The van der Waals surface area contributed by atoms with Gasteiger partial charge in [-0.25, -0.2) is 15.0 Å². The average molecular weight is 298 g/mol. The Morgan fingerprint density at radius 1 is 1.36 bits per heavy atom. The Hall–Kier alpha value is -2.34. The van der Waals surface area contributed by atoms with Gasteiger partial charge in [0.2, 0.25) is 0 Å². The fourth-order valence-corrected chi connectivity index (χ4v) is 2.49. The van der Waals surface area contributed by atoms with Gasteiger partial charge in [-0.05, 0) is 31.9 Å². The van der Waals surface area contributed by atoms with Crippen LogP contribution < -0.4 is 5.32 Å². The van der Waals surface area contributed by atoms with Crippen LogP contribution in [0.2, 0.25) is 0 Å². The maximum atomic E-state index is 12.3. The van der Waals surface area contributed by atoms with E-state index in [0.29, 0.717) is 17.9 Å². The summed E-state index contributed by atoms with van der Waals surface area (Å²) in [6, 6.07) is 5.33. The van der Waals surface area contributed by atoms with Gasteiger partial charge in [-0.1, -0.05) is 6.07 Å². The molecule has 1 atom stereocenters. The molecule has 1 aliphatic rings. The van der Waals surface area contributed by atoms with Gasteiger partial charge in [0.05, 0.1) is 11.3 Å². The van der Waals surface area contributed by atoms with Crippen LogP contribution in [0, 0.1) is 0 Å². The Morgan fingerprint density at radius 2 is 2.18 bits per heavy atom. The Kier molecular flexibility index (Phi) is 4.11. The van der Waals surface area contributed by atoms with Crippen molar-refractivity contribution < 1.29 is 9.53 Å². The molecule has 0 spiro atoms. The van der Waals surface area contributed by atoms with Crippen molar-refractivity contribution in [3.63, 3.8) is 0 Å². The molecule has 1 saturated heterocycles. The number of nitrogens with one attached hydrogen (secondary N) is 1. The highest BCUT2D eigenvalue weighted by Gasteiger charge is 2.30. The van der Waals surface area contributed by atoms with E-state index in [0.717, 1.165) is 25.0 Å². The zero-order valence-corrected chi connectivity index (χ0v) is 12.5. The number of rotatable bonds is 4. The van der Waals surface area contributed by atoms with E-state index < -0.39 is 0 Å². The summed E-state index contributed by atoms with van der Waals surface area (Å²) in [7, 11) is 0. The van der Waals surface area contributed by atoms with Crippen molar-refractivity contribution >= 4 is 5.91 Å². The Balaban J connectivity index is 1.70. The van der Waals surface area contributed by atoms with Crippen molar-refractivity contribution in [3.8, 4) is 11.3 Å². The van der Waals surface area contributed by atoms with Gasteiger partial charge in [0.25, 0.3) is 5.91 Å². The van der Waals surface area contributed by atoms with Gasteiger partial charge < -0.3 is 10.1 Å². The zero-order chi connectivity index (χ0) is 15.4. The average Bonchev–Trinajstić information content (AvgIpc) is 3.01. The third-order valence-electron chi connectivity index (χ3n) is 3.76. The monoisotopic (exact) mass is 298 g/mol. The summed E-state index contributed by atoms with van der Waals surface area (Å²) in [4.78, 5) is 24.6. The summed E-state index contributed by atoms with van der Waals surface area (Å²) >= 11 is 0. The fraction of sp³-hybridized carbons (Fsp3) is 0.375. The van der Waals surface area contributed by atoms with Crippen molar-refractivity contribution in [3.05, 3.63) is 42.6 Å². The third kappa shape index (κ3) is 3.28. The van der Waals surface area contributed by atoms with E-state index >= 15 is 0 Å². The van der Waals surface area contributed by atoms with Gasteiger partial charge in [0, 0.05) is 31.1 Å². The lowest BCUT2D eigenvalue weighted by Gasteiger charge is -2.23. The summed E-state index contributed by atoms with van der Waals surface area (Å²) in [6.07, 6.45) is 6.80. The van der Waals surface area contributed by atoms with Crippen LogP contribution >= 0.6 is 0 Å².